The van der Waals surface area contributed by atoms with Gasteiger partial charge in [-0.05, 0) is 61.7 Å². The van der Waals surface area contributed by atoms with E-state index in [-0.39, 0.29) is 5.91 Å². The molecule has 8 heteroatoms. The number of nitrogens with zero attached hydrogens (tertiary/aromatic N) is 4. The van der Waals surface area contributed by atoms with Crippen molar-refractivity contribution in [1.29, 1.82) is 0 Å². The van der Waals surface area contributed by atoms with Crippen LogP contribution in [0.1, 0.15) is 27.0 Å². The van der Waals surface area contributed by atoms with Crippen LogP contribution in [0.15, 0.2) is 54.4 Å². The van der Waals surface area contributed by atoms with E-state index < -0.39 is 0 Å². The van der Waals surface area contributed by atoms with Gasteiger partial charge in [0.25, 0.3) is 5.91 Å². The van der Waals surface area contributed by atoms with Gasteiger partial charge >= 0.3 is 6.01 Å². The molecule has 150 valence electrons. The molecule has 0 spiro atoms. The lowest BCUT2D eigenvalue weighted by molar-refractivity contribution is 0.102. The molecule has 7 nitrogen and oxygen atoms in total. The Hall–Kier alpha value is -3.65. The van der Waals surface area contributed by atoms with E-state index in [1.807, 2.05) is 38.3 Å². The van der Waals surface area contributed by atoms with E-state index in [4.69, 9.17) is 4.74 Å². The summed E-state index contributed by atoms with van der Waals surface area (Å²) in [4.78, 5) is 29.2. The zero-order valence-corrected chi connectivity index (χ0v) is 17.5. The van der Waals surface area contributed by atoms with Gasteiger partial charge in [0.1, 0.15) is 5.75 Å². The van der Waals surface area contributed by atoms with Crippen LogP contribution < -0.4 is 10.1 Å². The first-order valence-corrected chi connectivity index (χ1v) is 10.1. The van der Waals surface area contributed by atoms with Crippen molar-refractivity contribution in [1.82, 2.24) is 19.9 Å². The first kappa shape index (κ1) is 19.7. The fourth-order valence-corrected chi connectivity index (χ4v) is 3.74. The Kier molecular flexibility index (Phi) is 5.49. The second kappa shape index (κ2) is 8.38. The number of aromatic nitrogens is 4. The predicted molar refractivity (Wildman–Crippen MR) is 116 cm³/mol. The highest BCUT2D eigenvalue weighted by Crippen LogP contribution is 2.34. The number of thiazole rings is 1. The quantitative estimate of drug-likeness (QED) is 0.493. The molecule has 0 bridgehead atoms. The van der Waals surface area contributed by atoms with Gasteiger partial charge in [0, 0.05) is 41.3 Å². The third-order valence-electron chi connectivity index (χ3n) is 4.40. The van der Waals surface area contributed by atoms with Crippen molar-refractivity contribution in [3.05, 3.63) is 76.7 Å². The standard InChI is InChI=1S/C22H19N5O2S/c1-13-10-24-21(25-11-13)29-17-8-14(2)19(15(3)9-17)18-12-30-22(26-18)27-20(28)16-4-6-23-7-5-16/h4-12H,1-3H3,(H,26,27,28). The highest BCUT2D eigenvalue weighted by Gasteiger charge is 2.14. The van der Waals surface area contributed by atoms with E-state index in [1.54, 1.807) is 36.9 Å². The maximum absolute atomic E-state index is 12.3. The lowest BCUT2D eigenvalue weighted by Gasteiger charge is -2.11. The smallest absolute Gasteiger partial charge is 0.321 e. The number of ether oxygens (including phenoxy) is 1. The van der Waals surface area contributed by atoms with Crippen LogP contribution in [0.4, 0.5) is 5.13 Å². The molecule has 0 aliphatic carbocycles. The minimum Gasteiger partial charge on any atom is -0.424 e. The van der Waals surface area contributed by atoms with Crippen molar-refractivity contribution in [2.24, 2.45) is 0 Å². The Bertz CT molecular complexity index is 1170. The Labute approximate surface area is 177 Å². The highest BCUT2D eigenvalue weighted by molar-refractivity contribution is 7.14. The molecule has 0 unspecified atom stereocenters. The molecule has 0 aliphatic rings. The summed E-state index contributed by atoms with van der Waals surface area (Å²) < 4.78 is 5.79. The number of hydrogen-bond acceptors (Lipinski definition) is 7. The van der Waals surface area contributed by atoms with Gasteiger partial charge in [-0.1, -0.05) is 0 Å². The number of anilines is 1. The highest BCUT2D eigenvalue weighted by atomic mass is 32.1. The van der Waals surface area contributed by atoms with Crippen LogP contribution in [0, 0.1) is 20.8 Å². The summed E-state index contributed by atoms with van der Waals surface area (Å²) >= 11 is 1.38. The Balaban J connectivity index is 1.54. The summed E-state index contributed by atoms with van der Waals surface area (Å²) in [6.45, 7) is 5.92. The molecule has 1 amide bonds. The van der Waals surface area contributed by atoms with Gasteiger partial charge < -0.3 is 4.74 Å². The molecule has 0 radical (unpaired) electrons. The topological polar surface area (TPSA) is 89.9 Å². The molecular weight excluding hydrogens is 398 g/mol. The number of hydrogen-bond donors (Lipinski definition) is 1. The van der Waals surface area contributed by atoms with Crippen molar-refractivity contribution >= 4 is 22.4 Å². The predicted octanol–water partition coefficient (Wildman–Crippen LogP) is 4.96. The van der Waals surface area contributed by atoms with E-state index in [9.17, 15) is 4.79 Å². The number of amides is 1. The van der Waals surface area contributed by atoms with Crippen LogP contribution in [0.3, 0.4) is 0 Å². The van der Waals surface area contributed by atoms with Crippen molar-refractivity contribution in [3.8, 4) is 23.0 Å². The second-order valence-corrected chi connectivity index (χ2v) is 7.66. The normalized spacial score (nSPS) is 10.6. The fraction of sp³-hybridized carbons (Fsp3) is 0.136. The Morgan fingerprint density at radius 2 is 1.70 bits per heavy atom. The van der Waals surface area contributed by atoms with E-state index in [2.05, 4.69) is 25.3 Å². The average molecular weight is 417 g/mol. The van der Waals surface area contributed by atoms with Crippen molar-refractivity contribution in [2.75, 3.05) is 5.32 Å². The molecule has 3 heterocycles. The Morgan fingerprint density at radius 3 is 2.37 bits per heavy atom. The SMILES string of the molecule is Cc1cnc(Oc2cc(C)c(-c3csc(NC(=O)c4ccncc4)n3)c(C)c2)nc1. The number of pyridine rings is 1. The van der Waals surface area contributed by atoms with E-state index in [0.717, 1.165) is 27.9 Å². The number of nitrogens with one attached hydrogen (secondary N) is 1. The van der Waals surface area contributed by atoms with Gasteiger partial charge in [-0.3, -0.25) is 15.1 Å². The third-order valence-corrected chi connectivity index (χ3v) is 5.15. The van der Waals surface area contributed by atoms with Gasteiger partial charge in [-0.15, -0.1) is 11.3 Å². The zero-order valence-electron chi connectivity index (χ0n) is 16.7. The second-order valence-electron chi connectivity index (χ2n) is 6.81. The number of benzene rings is 1. The molecule has 1 N–H and O–H groups in total. The minimum absolute atomic E-state index is 0.214. The third kappa shape index (κ3) is 4.33. The minimum atomic E-state index is -0.214. The zero-order chi connectivity index (χ0) is 21.1. The van der Waals surface area contributed by atoms with Crippen LogP contribution in [0.2, 0.25) is 0 Å². The molecular formula is C22H19N5O2S. The van der Waals surface area contributed by atoms with Crippen LogP contribution in [0.25, 0.3) is 11.3 Å². The molecule has 0 atom stereocenters. The van der Waals surface area contributed by atoms with Gasteiger partial charge in [-0.25, -0.2) is 15.0 Å². The summed E-state index contributed by atoms with van der Waals surface area (Å²) in [5, 5.41) is 5.31. The van der Waals surface area contributed by atoms with E-state index >= 15 is 0 Å². The molecule has 4 rings (SSSR count). The number of carbonyl (C=O) groups excluding carboxylic acids is 1. The van der Waals surface area contributed by atoms with Crippen LogP contribution in [-0.4, -0.2) is 25.8 Å². The molecule has 0 saturated carbocycles. The van der Waals surface area contributed by atoms with Crippen LogP contribution in [-0.2, 0) is 0 Å². The Morgan fingerprint density at radius 1 is 1.03 bits per heavy atom. The monoisotopic (exact) mass is 417 g/mol. The van der Waals surface area contributed by atoms with E-state index in [1.165, 1.54) is 11.3 Å². The molecule has 4 aromatic rings. The van der Waals surface area contributed by atoms with Crippen LogP contribution in [0.5, 0.6) is 11.8 Å². The lowest BCUT2D eigenvalue weighted by atomic mass is 10.0. The van der Waals surface area contributed by atoms with Gasteiger partial charge in [0.15, 0.2) is 5.13 Å². The van der Waals surface area contributed by atoms with Gasteiger partial charge in [0.2, 0.25) is 0 Å². The summed E-state index contributed by atoms with van der Waals surface area (Å²) in [5.41, 5.74) is 5.34. The molecule has 3 aromatic heterocycles. The van der Waals surface area contributed by atoms with Gasteiger partial charge in [-0.2, -0.15) is 0 Å². The van der Waals surface area contributed by atoms with E-state index in [0.29, 0.717) is 22.5 Å². The molecule has 0 fully saturated rings. The number of carbonyl (C=O) groups is 1. The van der Waals surface area contributed by atoms with Crippen molar-refractivity contribution in [3.63, 3.8) is 0 Å². The first-order chi connectivity index (χ1) is 14.5. The summed E-state index contributed by atoms with van der Waals surface area (Å²) in [6.07, 6.45) is 6.60. The van der Waals surface area contributed by atoms with Gasteiger partial charge in [0.05, 0.1) is 5.69 Å². The lowest BCUT2D eigenvalue weighted by Crippen LogP contribution is -2.11. The molecule has 0 saturated heterocycles. The van der Waals surface area contributed by atoms with Crippen LogP contribution >= 0.6 is 11.3 Å². The maximum atomic E-state index is 12.3. The number of aryl methyl sites for hydroxylation is 3. The molecule has 1 aromatic carbocycles. The summed E-state index contributed by atoms with van der Waals surface area (Å²) in [6, 6.07) is 7.49. The number of rotatable bonds is 5. The summed E-state index contributed by atoms with van der Waals surface area (Å²) in [5.74, 6) is 0.452. The maximum Gasteiger partial charge on any atom is 0.321 e. The van der Waals surface area contributed by atoms with Crippen molar-refractivity contribution in [2.45, 2.75) is 20.8 Å². The fourth-order valence-electron chi connectivity index (χ4n) is 3.04. The average Bonchev–Trinajstić information content (AvgIpc) is 3.18. The summed E-state index contributed by atoms with van der Waals surface area (Å²) in [7, 11) is 0. The molecule has 30 heavy (non-hydrogen) atoms. The first-order valence-electron chi connectivity index (χ1n) is 9.24. The largest absolute Gasteiger partial charge is 0.424 e. The molecule has 0 aliphatic heterocycles. The van der Waals surface area contributed by atoms with Crippen molar-refractivity contribution < 1.29 is 9.53 Å².